The van der Waals surface area contributed by atoms with E-state index in [1.54, 1.807) is 13.2 Å². The van der Waals surface area contributed by atoms with Gasteiger partial charge in [-0.3, -0.25) is 9.59 Å². The normalized spacial score (nSPS) is 35.8. The number of aliphatic hydroxyl groups excluding tert-OH is 1. The van der Waals surface area contributed by atoms with Crippen LogP contribution in [-0.2, 0) is 75.0 Å². The number of alkyl carbamates (subject to hydrolysis) is 1. The van der Waals surface area contributed by atoms with E-state index in [1.807, 2.05) is 86.8 Å². The molecule has 0 spiro atoms. The lowest BCUT2D eigenvalue weighted by Crippen LogP contribution is -2.67. The van der Waals surface area contributed by atoms with Gasteiger partial charge in [0.05, 0.1) is 73.5 Å². The summed E-state index contributed by atoms with van der Waals surface area (Å²) in [5.41, 5.74) is 0.660. The summed E-state index contributed by atoms with van der Waals surface area (Å²) in [6.07, 6.45) is 22.9. The predicted octanol–water partition coefficient (Wildman–Crippen LogP) is 19.0. The first-order chi connectivity index (χ1) is 50.8. The zero-order valence-electron chi connectivity index (χ0n) is 68.7. The van der Waals surface area contributed by atoms with Gasteiger partial charge in [0.25, 0.3) is 0 Å². The van der Waals surface area contributed by atoms with Crippen molar-refractivity contribution in [2.24, 2.45) is 23.7 Å². The van der Waals surface area contributed by atoms with Crippen molar-refractivity contribution in [1.29, 1.82) is 0 Å². The molecule has 5 heterocycles. The van der Waals surface area contributed by atoms with Crippen molar-refractivity contribution in [3.63, 3.8) is 0 Å². The summed E-state index contributed by atoms with van der Waals surface area (Å²) >= 11 is 0. The molecule has 0 aliphatic carbocycles. The van der Waals surface area contributed by atoms with Crippen molar-refractivity contribution in [2.75, 3.05) is 33.7 Å². The van der Waals surface area contributed by atoms with Crippen LogP contribution in [0.25, 0.3) is 0 Å². The second-order valence-electron chi connectivity index (χ2n) is 31.1. The maximum atomic E-state index is 15.4. The molecule has 25 atom stereocenters. The van der Waals surface area contributed by atoms with Crippen molar-refractivity contribution in [2.45, 2.75) is 325 Å². The molecular weight excluding hydrogens is 1480 g/mol. The number of carbonyl (C=O) groups is 3. The summed E-state index contributed by atoms with van der Waals surface area (Å²) in [7, 11) is -1.84. The summed E-state index contributed by atoms with van der Waals surface area (Å²) < 4.78 is 96.9. The number of methoxy groups -OCH3 is 1. The number of cyclic esters (lactones) is 1. The first kappa shape index (κ1) is 95.3. The molecule has 8 unspecified atom stereocenters. The number of aliphatic hydroxyl groups is 1. The van der Waals surface area contributed by atoms with Crippen molar-refractivity contribution >= 4 is 76.1 Å². The van der Waals surface area contributed by atoms with E-state index in [0.29, 0.717) is 31.2 Å². The van der Waals surface area contributed by atoms with Gasteiger partial charge in [0, 0.05) is 39.2 Å². The minimum atomic E-state index is -2.68. The van der Waals surface area contributed by atoms with E-state index in [9.17, 15) is 14.7 Å². The maximum absolute atomic E-state index is 15.4. The van der Waals surface area contributed by atoms with E-state index >= 15 is 4.79 Å². The molecule has 610 valence electrons. The monoisotopic (exact) mass is 1620 g/mol. The van der Waals surface area contributed by atoms with Crippen LogP contribution in [-0.4, -0.2) is 185 Å². The molecule has 0 radical (unpaired) electrons. The van der Waals surface area contributed by atoms with Crippen LogP contribution in [0, 0.1) is 23.7 Å². The number of allylic oxidation sites excluding steroid dienone is 13. The molecule has 2 N–H and O–H groups in total. The number of carbonyl (C=O) groups excluding carboxylic acids is 3. The topological polar surface area (TPSA) is 213 Å². The Morgan fingerprint density at radius 3 is 1.64 bits per heavy atom. The number of esters is 2. The molecule has 19 nitrogen and oxygen atoms in total. The molecule has 0 saturated carbocycles. The molecule has 5 aliphatic heterocycles. The third kappa shape index (κ3) is 27.8. The average molecular weight is 1630 g/mol. The Bertz CT molecular complexity index is 2910. The Balaban J connectivity index is 1.74. The Morgan fingerprint density at radius 2 is 1.11 bits per heavy atom. The lowest BCUT2D eigenvalue weighted by molar-refractivity contribution is -0.325. The van der Waals surface area contributed by atoms with Gasteiger partial charge in [-0.25, -0.2) is 4.79 Å². The molecule has 5 aliphatic rings. The number of rotatable bonds is 26. The second kappa shape index (κ2) is 47.0. The quantitative estimate of drug-likeness (QED) is 0.0271. The van der Waals surface area contributed by atoms with E-state index in [-0.39, 0.29) is 92.0 Å². The summed E-state index contributed by atoms with van der Waals surface area (Å²) in [6, 6.07) is 2.82. The van der Waals surface area contributed by atoms with Crippen molar-refractivity contribution in [3.8, 4) is 0 Å². The smallest absolute Gasteiger partial charge is 0.407 e. The molecule has 0 aromatic carbocycles. The molecular formula is C81H141NO18P4Si3. The Kier molecular flexibility index (Phi) is 41.8. The van der Waals surface area contributed by atoms with Crippen LogP contribution in [0.15, 0.2) is 110 Å². The first-order valence-electron chi connectivity index (χ1n) is 39.8. The minimum Gasteiger partial charge on any atom is -0.462 e. The standard InChI is InChI=1S/C81H141NO18P4Si3/c1-23-47-88-76(85)72-69-50-63(92-77-74(84)73(82-78(86)89-48-24-2)75(62(19)91-77)100-107(29-7,30-8)57(13)14)44-42-40-38-36-34-32-31-33-35-37-39-41-43-58(15)59(16)60(17)61(18)90-71(83)52-65-49-64(93-79(94-65)103(21)101)45-46-67(98-105(25-3,26-4)55(9)10)68-51-66(95-80(96-68)104(22)102)53-81(87-20,97-69)54-70(72)99-106(27-5,28-6)56(11)12/h23-24,31-44,55-70,72-75,77,79-80,84H,1-2,25-30,45-54,101-102H2,3-22H3,(H,82,86)/b32-31+,35-33+,36-34+,39-37+,40-38+,43-41+,44-42+/t58-,59+,60+,61-,62+,63-,64+,65+,66?,67+,68+,69?,70-,72-,73+,74+,75+,77-,79?,80?,81+,103?,104?/m0/s1. The summed E-state index contributed by atoms with van der Waals surface area (Å²) in [5.74, 6) is -2.75. The molecule has 0 aromatic rings. The first-order valence-corrected chi connectivity index (χ1v) is 54.0. The van der Waals surface area contributed by atoms with Crippen LogP contribution < -0.4 is 5.32 Å². The molecule has 4 saturated heterocycles. The highest BCUT2D eigenvalue weighted by molar-refractivity contribution is 8.13. The fourth-order valence-electron chi connectivity index (χ4n) is 15.9. The summed E-state index contributed by atoms with van der Waals surface area (Å²) in [6.45, 7) is 48.7. The molecule has 1 amide bonds. The van der Waals surface area contributed by atoms with Crippen LogP contribution in [0.2, 0.25) is 52.9 Å². The van der Waals surface area contributed by atoms with Crippen LogP contribution in [0.4, 0.5) is 4.79 Å². The van der Waals surface area contributed by atoms with Crippen LogP contribution in [0.3, 0.4) is 0 Å². The van der Waals surface area contributed by atoms with Gasteiger partial charge >= 0.3 is 18.0 Å². The van der Waals surface area contributed by atoms with Crippen molar-refractivity contribution in [1.82, 2.24) is 5.32 Å². The second-order valence-corrected chi connectivity index (χ2v) is 54.3. The zero-order chi connectivity index (χ0) is 79.4. The lowest BCUT2D eigenvalue weighted by Gasteiger charge is -2.52. The molecule has 4 fully saturated rings. The number of hydrogen-bond donors (Lipinski definition) is 2. The fraction of sp³-hybridized carbons (Fsp3) is 0.741. The van der Waals surface area contributed by atoms with Gasteiger partial charge in [0.2, 0.25) is 0 Å². The van der Waals surface area contributed by atoms with Gasteiger partial charge in [-0.15, -0.1) is 17.9 Å². The molecule has 6 bridgehead atoms. The van der Waals surface area contributed by atoms with E-state index in [0.717, 1.165) is 36.3 Å². The maximum Gasteiger partial charge on any atom is 0.407 e. The van der Waals surface area contributed by atoms with Crippen LogP contribution >= 0.6 is 33.1 Å². The zero-order valence-corrected chi connectivity index (χ0v) is 75.8. The number of nitrogens with one attached hydrogen (secondary N) is 1. The minimum absolute atomic E-state index is 0.00409. The van der Waals surface area contributed by atoms with E-state index in [2.05, 4.69) is 166 Å². The third-order valence-corrected chi connectivity index (χ3v) is 42.5. The van der Waals surface area contributed by atoms with Crippen LogP contribution in [0.1, 0.15) is 169 Å². The van der Waals surface area contributed by atoms with Gasteiger partial charge in [-0.2, -0.15) is 0 Å². The molecule has 107 heavy (non-hydrogen) atoms. The van der Waals surface area contributed by atoms with E-state index < -0.39 is 143 Å². The number of ether oxygens (including phenoxy) is 11. The highest BCUT2D eigenvalue weighted by Crippen LogP contribution is 2.54. The van der Waals surface area contributed by atoms with E-state index in [1.165, 1.54) is 6.08 Å². The summed E-state index contributed by atoms with van der Waals surface area (Å²) in [4.78, 5) is 43.1. The fourth-order valence-corrected chi connectivity index (χ4v) is 29.0. The van der Waals surface area contributed by atoms with Gasteiger partial charge in [0.15, 0.2) is 49.1 Å². The van der Waals surface area contributed by atoms with Gasteiger partial charge in [-0.05, 0) is 126 Å². The van der Waals surface area contributed by atoms with E-state index in [4.69, 9.17) is 65.4 Å². The van der Waals surface area contributed by atoms with Crippen molar-refractivity contribution in [3.05, 3.63) is 110 Å². The number of hydrogen-bond acceptors (Lipinski definition) is 18. The van der Waals surface area contributed by atoms with Crippen LogP contribution in [0.5, 0.6) is 0 Å². The molecule has 0 aromatic heterocycles. The van der Waals surface area contributed by atoms with Crippen molar-refractivity contribution < 1.29 is 84.9 Å². The largest absolute Gasteiger partial charge is 0.462 e. The Labute approximate surface area is 655 Å². The third-order valence-electron chi connectivity index (χ3n) is 23.5. The molecule has 26 heteroatoms. The van der Waals surface area contributed by atoms with Gasteiger partial charge in [-0.1, -0.05) is 214 Å². The SMILES string of the molecule is C=CCOC(=O)N[C@@H]1[C@@H](O)[C@H](O[C@H]2/C=C/C=C/C=C/C=C/C=C/C=C/C=C/[C@H](C)[C@@H](C)[C@@H](C)[C@H](C)OC(=O)C[C@H]3C[C@@H](CC[C@@H](O[Si](CC)(CC)C(C)C)[C@H]4CC(C[C@]5(OC)C[C@H](O[Si](CC)(CC)C(C)C)[C@@H](C(=O)OCC=C)C(C2)O5)OC(P(C)P)O4)OC(P(C)P)O3)O[C@H](C)[C@H]1O[Si](CC)(CC)C(C)C. The highest BCUT2D eigenvalue weighted by Gasteiger charge is 2.57. The summed E-state index contributed by atoms with van der Waals surface area (Å²) in [5, 5.41) is 15.8. The number of amides is 1. The number of fused-ring (bicyclic) bond motifs is 6. The Morgan fingerprint density at radius 1 is 0.617 bits per heavy atom. The highest BCUT2D eigenvalue weighted by atomic mass is 32.0. The van der Waals surface area contributed by atoms with Gasteiger partial charge in [0.1, 0.15) is 31.3 Å². The van der Waals surface area contributed by atoms with Gasteiger partial charge < -0.3 is 75.8 Å². The Hall–Kier alpha value is -2.24. The average Bonchev–Trinajstić information content (AvgIpc) is 0.765. The predicted molar refractivity (Wildman–Crippen MR) is 449 cm³/mol. The lowest BCUT2D eigenvalue weighted by atomic mass is 9.82. The molecule has 5 rings (SSSR count).